The van der Waals surface area contributed by atoms with Crippen molar-refractivity contribution in [2.45, 2.75) is 129 Å². The minimum absolute atomic E-state index is 0.0615. The number of unbranched alkanes of at least 4 members (excludes halogenated alkanes) is 10. The number of carbonyl (C=O) groups is 1. The van der Waals surface area contributed by atoms with E-state index in [0.29, 0.717) is 6.42 Å². The molecule has 172 valence electrons. The van der Waals surface area contributed by atoms with Gasteiger partial charge in [0, 0.05) is 6.42 Å². The van der Waals surface area contributed by atoms with Crippen molar-refractivity contribution in [2.24, 2.45) is 5.92 Å². The molecule has 0 radical (unpaired) electrons. The highest BCUT2D eigenvalue weighted by Crippen LogP contribution is 2.26. The van der Waals surface area contributed by atoms with Gasteiger partial charge in [-0.1, -0.05) is 96.8 Å². The lowest BCUT2D eigenvalue weighted by atomic mass is 9.87. The van der Waals surface area contributed by atoms with Gasteiger partial charge in [0.25, 0.3) is 0 Å². The van der Waals surface area contributed by atoms with Crippen molar-refractivity contribution in [3.8, 4) is 0 Å². The highest BCUT2D eigenvalue weighted by atomic mass is 16.5. The number of ether oxygens (including phenoxy) is 1. The second-order valence-corrected chi connectivity index (χ2v) is 9.35. The Morgan fingerprint density at radius 3 is 1.90 bits per heavy atom. The fourth-order valence-electron chi connectivity index (χ4n) is 4.71. The van der Waals surface area contributed by atoms with Crippen LogP contribution < -0.4 is 0 Å². The molecule has 0 atom stereocenters. The molecule has 0 N–H and O–H groups in total. The predicted molar refractivity (Wildman–Crippen MR) is 125 cm³/mol. The average Bonchev–Trinajstić information content (AvgIpc) is 2.76. The summed E-state index contributed by atoms with van der Waals surface area (Å²) >= 11 is 0. The molecule has 0 heterocycles. The van der Waals surface area contributed by atoms with E-state index in [1.165, 1.54) is 129 Å². The Labute approximate surface area is 182 Å². The van der Waals surface area contributed by atoms with Gasteiger partial charge in [-0.3, -0.25) is 4.79 Å². The number of rotatable bonds is 19. The van der Waals surface area contributed by atoms with Gasteiger partial charge >= 0.3 is 5.97 Å². The van der Waals surface area contributed by atoms with E-state index in [4.69, 9.17) is 4.74 Å². The number of methoxy groups -OCH3 is 1. The van der Waals surface area contributed by atoms with Crippen LogP contribution in [0.25, 0.3) is 0 Å². The van der Waals surface area contributed by atoms with Crippen molar-refractivity contribution in [2.75, 3.05) is 26.7 Å². The van der Waals surface area contributed by atoms with Gasteiger partial charge in [-0.25, -0.2) is 0 Å². The lowest BCUT2D eigenvalue weighted by molar-refractivity contribution is -0.140. The SMILES string of the molecule is CCCCCCCCCN(CCCCCCCC(=O)OC)CCC1CCCCC1. The number of carbonyl (C=O) groups excluding carboxylic acids is 1. The van der Waals surface area contributed by atoms with Crippen LogP contribution in [-0.4, -0.2) is 37.6 Å². The molecule has 3 nitrogen and oxygen atoms in total. The lowest BCUT2D eigenvalue weighted by Crippen LogP contribution is -2.29. The lowest BCUT2D eigenvalue weighted by Gasteiger charge is -2.27. The van der Waals surface area contributed by atoms with Crippen LogP contribution in [-0.2, 0) is 9.53 Å². The number of nitrogens with zero attached hydrogens (tertiary/aromatic N) is 1. The fourth-order valence-corrected chi connectivity index (χ4v) is 4.71. The maximum Gasteiger partial charge on any atom is 0.305 e. The van der Waals surface area contributed by atoms with Gasteiger partial charge < -0.3 is 9.64 Å². The third-order valence-electron chi connectivity index (χ3n) is 6.74. The molecule has 0 aliphatic heterocycles. The largest absolute Gasteiger partial charge is 0.469 e. The Morgan fingerprint density at radius 2 is 1.31 bits per heavy atom. The fraction of sp³-hybridized carbons (Fsp3) is 0.962. The maximum absolute atomic E-state index is 11.2. The molecule has 0 unspecified atom stereocenters. The van der Waals surface area contributed by atoms with Crippen LogP contribution in [0.15, 0.2) is 0 Å². The minimum atomic E-state index is -0.0615. The smallest absolute Gasteiger partial charge is 0.305 e. The normalized spacial score (nSPS) is 15.1. The van der Waals surface area contributed by atoms with E-state index in [2.05, 4.69) is 11.8 Å². The molecule has 0 spiro atoms. The molecular formula is C26H51NO2. The van der Waals surface area contributed by atoms with Crippen LogP contribution in [0.3, 0.4) is 0 Å². The Kier molecular flexibility index (Phi) is 17.7. The molecule has 0 aromatic heterocycles. The highest BCUT2D eigenvalue weighted by Gasteiger charge is 2.15. The van der Waals surface area contributed by atoms with Crippen LogP contribution in [0.2, 0.25) is 0 Å². The molecule has 0 bridgehead atoms. The minimum Gasteiger partial charge on any atom is -0.469 e. The van der Waals surface area contributed by atoms with Crippen LogP contribution in [0, 0.1) is 5.92 Å². The topological polar surface area (TPSA) is 29.5 Å². The molecular weight excluding hydrogens is 358 g/mol. The van der Waals surface area contributed by atoms with Crippen molar-refractivity contribution in [1.29, 1.82) is 0 Å². The van der Waals surface area contributed by atoms with Crippen molar-refractivity contribution in [3.63, 3.8) is 0 Å². The van der Waals surface area contributed by atoms with Crippen LogP contribution in [0.4, 0.5) is 0 Å². The standard InChI is InChI=1S/C26H51NO2/c1-3-4-5-6-7-10-16-22-27(24-21-25-18-13-12-14-19-25)23-17-11-8-9-15-20-26(28)29-2/h25H,3-24H2,1-2H3. The Morgan fingerprint density at radius 1 is 0.759 bits per heavy atom. The van der Waals surface area contributed by atoms with Gasteiger partial charge in [0.2, 0.25) is 0 Å². The van der Waals surface area contributed by atoms with Crippen molar-refractivity contribution in [3.05, 3.63) is 0 Å². The van der Waals surface area contributed by atoms with Crippen molar-refractivity contribution >= 4 is 5.97 Å². The van der Waals surface area contributed by atoms with Gasteiger partial charge in [0.15, 0.2) is 0 Å². The van der Waals surface area contributed by atoms with Crippen LogP contribution in [0.5, 0.6) is 0 Å². The number of hydrogen-bond acceptors (Lipinski definition) is 3. The zero-order chi connectivity index (χ0) is 21.0. The summed E-state index contributed by atoms with van der Waals surface area (Å²) < 4.78 is 4.71. The molecule has 0 amide bonds. The van der Waals surface area contributed by atoms with E-state index in [1.807, 2.05) is 0 Å². The molecule has 3 heteroatoms. The molecule has 1 saturated carbocycles. The Hall–Kier alpha value is -0.570. The molecule has 1 rings (SSSR count). The summed E-state index contributed by atoms with van der Waals surface area (Å²) in [6.45, 7) is 6.20. The Balaban J connectivity index is 2.14. The molecule has 0 saturated heterocycles. The Bertz CT molecular complexity index is 366. The first-order valence-electron chi connectivity index (χ1n) is 13.1. The molecule has 0 aromatic carbocycles. The molecule has 1 aliphatic rings. The highest BCUT2D eigenvalue weighted by molar-refractivity contribution is 5.68. The summed E-state index contributed by atoms with van der Waals surface area (Å²) in [7, 11) is 1.48. The second kappa shape index (κ2) is 19.4. The third kappa shape index (κ3) is 15.9. The van der Waals surface area contributed by atoms with Gasteiger partial charge in [-0.2, -0.15) is 0 Å². The van der Waals surface area contributed by atoms with E-state index in [9.17, 15) is 4.79 Å². The number of esters is 1. The summed E-state index contributed by atoms with van der Waals surface area (Å²) in [6.07, 6.45) is 25.2. The zero-order valence-corrected chi connectivity index (χ0v) is 19.9. The van der Waals surface area contributed by atoms with Gasteiger partial charge in [0.1, 0.15) is 0 Å². The molecule has 29 heavy (non-hydrogen) atoms. The van der Waals surface area contributed by atoms with E-state index in [0.717, 1.165) is 18.8 Å². The quantitative estimate of drug-likeness (QED) is 0.163. The van der Waals surface area contributed by atoms with Crippen molar-refractivity contribution < 1.29 is 9.53 Å². The maximum atomic E-state index is 11.2. The summed E-state index contributed by atoms with van der Waals surface area (Å²) in [5.41, 5.74) is 0. The third-order valence-corrected chi connectivity index (χ3v) is 6.74. The first-order valence-corrected chi connectivity index (χ1v) is 13.1. The monoisotopic (exact) mass is 409 g/mol. The van der Waals surface area contributed by atoms with E-state index < -0.39 is 0 Å². The van der Waals surface area contributed by atoms with Gasteiger partial charge in [-0.15, -0.1) is 0 Å². The summed E-state index contributed by atoms with van der Waals surface area (Å²) in [6, 6.07) is 0. The second-order valence-electron chi connectivity index (χ2n) is 9.35. The first kappa shape index (κ1) is 26.5. The van der Waals surface area contributed by atoms with Crippen LogP contribution >= 0.6 is 0 Å². The summed E-state index contributed by atoms with van der Waals surface area (Å²) in [5, 5.41) is 0. The molecule has 0 aromatic rings. The van der Waals surface area contributed by atoms with E-state index in [1.54, 1.807) is 0 Å². The van der Waals surface area contributed by atoms with Gasteiger partial charge in [0.05, 0.1) is 7.11 Å². The summed E-state index contributed by atoms with van der Waals surface area (Å²) in [5.74, 6) is 0.937. The average molecular weight is 410 g/mol. The zero-order valence-electron chi connectivity index (χ0n) is 19.9. The van der Waals surface area contributed by atoms with Gasteiger partial charge in [-0.05, 0) is 51.2 Å². The van der Waals surface area contributed by atoms with Crippen molar-refractivity contribution in [1.82, 2.24) is 4.90 Å². The molecule has 1 aliphatic carbocycles. The van der Waals surface area contributed by atoms with E-state index >= 15 is 0 Å². The first-order chi connectivity index (χ1) is 14.3. The van der Waals surface area contributed by atoms with E-state index in [-0.39, 0.29) is 5.97 Å². The molecule has 1 fully saturated rings. The summed E-state index contributed by atoms with van der Waals surface area (Å²) in [4.78, 5) is 13.9. The number of hydrogen-bond donors (Lipinski definition) is 0. The predicted octanol–water partition coefficient (Wildman–Crippen LogP) is 7.52. The van der Waals surface area contributed by atoms with Crippen LogP contribution in [0.1, 0.15) is 129 Å².